The Balaban J connectivity index is 1.21. The summed E-state index contributed by atoms with van der Waals surface area (Å²) in [5.74, 6) is -0.462. The van der Waals surface area contributed by atoms with Crippen LogP contribution in [0.25, 0.3) is 5.69 Å². The highest BCUT2D eigenvalue weighted by Gasteiger charge is 2.24. The zero-order valence-electron chi connectivity index (χ0n) is 22.5. The third-order valence-corrected chi connectivity index (χ3v) is 7.79. The molecule has 1 unspecified atom stereocenters. The van der Waals surface area contributed by atoms with Crippen molar-refractivity contribution in [2.45, 2.75) is 32.1 Å². The maximum absolute atomic E-state index is 13.2. The van der Waals surface area contributed by atoms with Gasteiger partial charge in [-0.2, -0.15) is 0 Å². The van der Waals surface area contributed by atoms with Crippen LogP contribution >= 0.6 is 11.6 Å². The molecule has 0 aliphatic carbocycles. The number of esters is 1. The van der Waals surface area contributed by atoms with Crippen molar-refractivity contribution in [2.75, 3.05) is 26.2 Å². The summed E-state index contributed by atoms with van der Waals surface area (Å²) in [6.07, 6.45) is 4.69. The van der Waals surface area contributed by atoms with Gasteiger partial charge in [-0.1, -0.05) is 66.2 Å². The number of hydrogen-bond donors (Lipinski definition) is 2. The van der Waals surface area contributed by atoms with Crippen molar-refractivity contribution < 1.29 is 19.7 Å². The van der Waals surface area contributed by atoms with E-state index in [0.717, 1.165) is 50.9 Å². The molecule has 208 valence electrons. The van der Waals surface area contributed by atoms with E-state index in [0.29, 0.717) is 29.3 Å². The van der Waals surface area contributed by atoms with Gasteiger partial charge in [-0.25, -0.2) is 4.79 Å². The van der Waals surface area contributed by atoms with Gasteiger partial charge in [0.2, 0.25) is 5.88 Å². The number of ether oxygens (including phenoxy) is 1. The third kappa shape index (κ3) is 6.87. The van der Waals surface area contributed by atoms with Crippen LogP contribution in [0, 0.1) is 5.92 Å². The van der Waals surface area contributed by atoms with Gasteiger partial charge in [0.1, 0.15) is 0 Å². The predicted molar refractivity (Wildman–Crippen MR) is 158 cm³/mol. The number of nitrogens with zero attached hydrogens (tertiary/aromatic N) is 2. The van der Waals surface area contributed by atoms with E-state index < -0.39 is 5.97 Å². The van der Waals surface area contributed by atoms with Crippen LogP contribution in [0.3, 0.4) is 0 Å². The minimum absolute atomic E-state index is 0.119. The van der Waals surface area contributed by atoms with Crippen LogP contribution in [-0.4, -0.2) is 51.9 Å². The van der Waals surface area contributed by atoms with Crippen molar-refractivity contribution in [3.63, 3.8) is 0 Å². The van der Waals surface area contributed by atoms with Gasteiger partial charge >= 0.3 is 5.97 Å². The Kier molecular flexibility index (Phi) is 9.09. The fourth-order valence-corrected chi connectivity index (χ4v) is 5.61. The number of likely N-dealkylation sites (tertiary alicyclic amines) is 1. The van der Waals surface area contributed by atoms with Crippen LogP contribution in [0.4, 0.5) is 0 Å². The van der Waals surface area contributed by atoms with Gasteiger partial charge in [-0.3, -0.25) is 4.57 Å². The van der Waals surface area contributed by atoms with Crippen molar-refractivity contribution in [3.05, 3.63) is 112 Å². The highest BCUT2D eigenvalue weighted by Crippen LogP contribution is 2.34. The van der Waals surface area contributed by atoms with E-state index in [2.05, 4.69) is 29.2 Å². The predicted octanol–water partition coefficient (Wildman–Crippen LogP) is 6.63. The molecule has 6 nitrogen and oxygen atoms in total. The molecule has 2 N–H and O–H groups in total. The first-order chi connectivity index (χ1) is 19.5. The first-order valence-electron chi connectivity index (χ1n) is 13.9. The second-order valence-electron chi connectivity index (χ2n) is 10.5. The number of carbonyl (C=O) groups excluding carboxylic acids is 1. The quantitative estimate of drug-likeness (QED) is 0.214. The molecule has 2 heterocycles. The number of rotatable bonds is 10. The number of aromatic nitrogens is 1. The summed E-state index contributed by atoms with van der Waals surface area (Å²) in [4.78, 5) is 15.7. The lowest BCUT2D eigenvalue weighted by Gasteiger charge is -2.32. The molecule has 0 radical (unpaired) electrons. The third-order valence-electron chi connectivity index (χ3n) is 7.54. The molecule has 3 aromatic carbocycles. The van der Waals surface area contributed by atoms with E-state index in [4.69, 9.17) is 16.3 Å². The number of aryl methyl sites for hydroxylation is 1. The van der Waals surface area contributed by atoms with Crippen LogP contribution in [0.1, 0.15) is 46.3 Å². The molecule has 5 rings (SSSR count). The summed E-state index contributed by atoms with van der Waals surface area (Å²) in [5, 5.41) is 22.4. The summed E-state index contributed by atoms with van der Waals surface area (Å²) < 4.78 is 7.08. The smallest absolute Gasteiger partial charge is 0.340 e. The van der Waals surface area contributed by atoms with Crippen molar-refractivity contribution in [1.29, 1.82) is 0 Å². The van der Waals surface area contributed by atoms with Crippen LogP contribution < -0.4 is 0 Å². The first kappa shape index (κ1) is 27.8. The van der Waals surface area contributed by atoms with Crippen LogP contribution in [0.2, 0.25) is 5.02 Å². The normalized spacial score (nSPS) is 15.7. The maximum atomic E-state index is 13.2. The topological polar surface area (TPSA) is 74.9 Å². The Bertz CT molecular complexity index is 1420. The standard InChI is InChI=1S/C33H35ClN2O4/c34-28-16-14-25(15-17-28)20-27-21-31(37)36(32(27)38)30-13-5-4-12-29(30)33(39)40-23-26-11-7-19-35(22-26)18-6-10-24-8-2-1-3-9-24/h1-5,8-9,12-17,21,26,37-38H,6-7,10-11,18-20,22-23H2. The van der Waals surface area contributed by atoms with Crippen LogP contribution in [0.5, 0.6) is 11.8 Å². The molecule has 0 bridgehead atoms. The second-order valence-corrected chi connectivity index (χ2v) is 10.9. The Morgan fingerprint density at radius 3 is 2.50 bits per heavy atom. The Morgan fingerprint density at radius 2 is 1.70 bits per heavy atom. The molecule has 0 saturated carbocycles. The van der Waals surface area contributed by atoms with Crippen molar-refractivity contribution in [2.24, 2.45) is 5.92 Å². The van der Waals surface area contributed by atoms with Gasteiger partial charge in [0.15, 0.2) is 5.88 Å². The van der Waals surface area contributed by atoms with E-state index in [-0.39, 0.29) is 23.2 Å². The van der Waals surface area contributed by atoms with E-state index >= 15 is 0 Å². The summed E-state index contributed by atoms with van der Waals surface area (Å²) in [5.41, 5.74) is 3.50. The summed E-state index contributed by atoms with van der Waals surface area (Å²) in [7, 11) is 0. The van der Waals surface area contributed by atoms with Crippen LogP contribution in [0.15, 0.2) is 84.9 Å². The zero-order chi connectivity index (χ0) is 27.9. The van der Waals surface area contributed by atoms with E-state index in [1.807, 2.05) is 18.2 Å². The maximum Gasteiger partial charge on any atom is 0.340 e. The summed E-state index contributed by atoms with van der Waals surface area (Å²) in [6.45, 7) is 3.37. The number of hydrogen-bond acceptors (Lipinski definition) is 5. The molecule has 0 amide bonds. The van der Waals surface area contributed by atoms with E-state index in [9.17, 15) is 15.0 Å². The molecule has 1 atom stereocenters. The molecule has 1 aliphatic rings. The monoisotopic (exact) mass is 558 g/mol. The molecule has 1 fully saturated rings. The molecule has 7 heteroatoms. The molecule has 1 aliphatic heterocycles. The lowest BCUT2D eigenvalue weighted by molar-refractivity contribution is 0.0353. The summed E-state index contributed by atoms with van der Waals surface area (Å²) >= 11 is 5.99. The number of halogens is 1. The molecule has 4 aromatic rings. The van der Waals surface area contributed by atoms with E-state index in [1.54, 1.807) is 36.4 Å². The van der Waals surface area contributed by atoms with Crippen molar-refractivity contribution in [1.82, 2.24) is 9.47 Å². The molecule has 1 aromatic heterocycles. The highest BCUT2D eigenvalue weighted by molar-refractivity contribution is 6.30. The average Bonchev–Trinajstić information content (AvgIpc) is 3.25. The molecular weight excluding hydrogens is 524 g/mol. The summed E-state index contributed by atoms with van der Waals surface area (Å²) in [6, 6.07) is 26.2. The Morgan fingerprint density at radius 1 is 0.950 bits per heavy atom. The highest BCUT2D eigenvalue weighted by atomic mass is 35.5. The van der Waals surface area contributed by atoms with Gasteiger partial charge in [-0.05, 0) is 74.2 Å². The lowest BCUT2D eigenvalue weighted by Crippen LogP contribution is -2.38. The molecule has 0 spiro atoms. The van der Waals surface area contributed by atoms with E-state index in [1.165, 1.54) is 16.2 Å². The number of benzene rings is 3. The molecular formula is C33H35ClN2O4. The van der Waals surface area contributed by atoms with Crippen molar-refractivity contribution in [3.8, 4) is 17.4 Å². The van der Waals surface area contributed by atoms with Gasteiger partial charge in [0.25, 0.3) is 0 Å². The fourth-order valence-electron chi connectivity index (χ4n) is 5.48. The largest absolute Gasteiger partial charge is 0.494 e. The average molecular weight is 559 g/mol. The minimum atomic E-state index is -0.469. The van der Waals surface area contributed by atoms with Gasteiger partial charge in [-0.15, -0.1) is 0 Å². The molecule has 40 heavy (non-hydrogen) atoms. The number of para-hydroxylation sites is 1. The van der Waals surface area contributed by atoms with Gasteiger partial charge < -0.3 is 19.8 Å². The minimum Gasteiger partial charge on any atom is -0.494 e. The van der Waals surface area contributed by atoms with Gasteiger partial charge in [0, 0.05) is 35.5 Å². The van der Waals surface area contributed by atoms with Crippen LogP contribution in [-0.2, 0) is 17.6 Å². The number of aromatic hydroxyl groups is 2. The Labute approximate surface area is 240 Å². The number of piperidine rings is 1. The second kappa shape index (κ2) is 13.1. The zero-order valence-corrected chi connectivity index (χ0v) is 23.3. The van der Waals surface area contributed by atoms with Crippen molar-refractivity contribution >= 4 is 17.6 Å². The Hall–Kier alpha value is -3.74. The van der Waals surface area contributed by atoms with Gasteiger partial charge in [0.05, 0.1) is 17.9 Å². The SMILES string of the molecule is O=C(OCC1CCCN(CCCc2ccccc2)C1)c1ccccc1-n1c(O)cc(Cc2ccc(Cl)cc2)c1O. The lowest BCUT2D eigenvalue weighted by atomic mass is 9.98. The number of carbonyl (C=O) groups is 1. The fraction of sp³-hybridized carbons (Fsp3) is 0.303. The first-order valence-corrected chi connectivity index (χ1v) is 14.3. The molecule has 1 saturated heterocycles.